The first-order valence-electron chi connectivity index (χ1n) is 25.7. The number of hydrogen-bond donors (Lipinski definition) is 9. The fraction of sp³-hybridized carbons (Fsp3) is 0.0492. The van der Waals surface area contributed by atoms with Gasteiger partial charge in [0, 0.05) is 43.3 Å². The maximum atomic E-state index is 13.1. The number of H-pyrrole nitrogens is 3. The highest BCUT2D eigenvalue weighted by Gasteiger charge is 2.33. The minimum absolute atomic E-state index is 0.0445. The second-order valence-electron chi connectivity index (χ2n) is 18.5. The van der Waals surface area contributed by atoms with Crippen LogP contribution < -0.4 is 26.8 Å². The van der Waals surface area contributed by atoms with Crippen molar-refractivity contribution in [1.82, 2.24) is 15.0 Å². The van der Waals surface area contributed by atoms with Crippen LogP contribution in [0.4, 0.5) is 34.1 Å². The SMILES string of the molecule is CC(O)=C(N=Nc1ccc(Cl)cc1[N+](=O)[O-])C(=O)Nc1ccc2[nH]c(=O)[nH]c2c1.CCOc1ccccc1NC(=O)c1cc2ccccc2c(N=Nc2ccc(C(N)=O)cc2)c1O.O=C1N=C(c2ccc(Cl)cc2)c2c(O)[nH]c(-c3ccc(Cl)cc3)c21. The number of ether oxygens (including phenoxy) is 1. The van der Waals surface area contributed by atoms with Crippen LogP contribution in [0.2, 0.25) is 15.1 Å². The summed E-state index contributed by atoms with van der Waals surface area (Å²) in [4.78, 5) is 83.1. The Morgan fingerprint density at radius 2 is 1.38 bits per heavy atom. The maximum absolute atomic E-state index is 13.1. The largest absolute Gasteiger partial charge is 0.510 e. The van der Waals surface area contributed by atoms with Crippen LogP contribution in [0.15, 0.2) is 205 Å². The third-order valence-corrected chi connectivity index (χ3v) is 13.4. The predicted octanol–water partition coefficient (Wildman–Crippen LogP) is 14.3. The van der Waals surface area contributed by atoms with Crippen molar-refractivity contribution in [3.8, 4) is 28.6 Å². The number of halogens is 3. The molecule has 10 N–H and O–H groups in total. The Hall–Kier alpha value is -11.3. The number of aromatic amines is 3. The maximum Gasteiger partial charge on any atom is 0.323 e. The number of nitro groups is 1. The van der Waals surface area contributed by atoms with Crippen LogP contribution in [0.25, 0.3) is 33.1 Å². The number of hydrogen-bond acceptors (Lipinski definition) is 15. The number of aliphatic imine (C=N–C) groups is 1. The number of aliphatic hydroxyl groups is 1. The van der Waals surface area contributed by atoms with Gasteiger partial charge in [0.25, 0.3) is 23.4 Å². The van der Waals surface area contributed by atoms with Crippen molar-refractivity contribution in [2.24, 2.45) is 31.2 Å². The molecule has 1 aliphatic heterocycles. The lowest BCUT2D eigenvalue weighted by Crippen LogP contribution is -2.14. The van der Waals surface area contributed by atoms with E-state index in [1.165, 1.54) is 43.3 Å². The molecule has 0 spiro atoms. The third-order valence-electron chi connectivity index (χ3n) is 12.7. The molecule has 0 unspecified atom stereocenters. The van der Waals surface area contributed by atoms with E-state index in [0.29, 0.717) is 94.9 Å². The number of benzene rings is 8. The van der Waals surface area contributed by atoms with E-state index in [0.717, 1.165) is 11.6 Å². The van der Waals surface area contributed by atoms with E-state index < -0.39 is 51.4 Å². The number of aromatic nitrogens is 3. The monoisotopic (exact) mass is 1230 g/mol. The minimum Gasteiger partial charge on any atom is -0.510 e. The quantitative estimate of drug-likeness (QED) is 0.0162. The van der Waals surface area contributed by atoms with Crippen LogP contribution in [0.1, 0.15) is 56.0 Å². The number of carbonyl (C=O) groups excluding carboxylic acids is 4. The van der Waals surface area contributed by atoms with E-state index in [2.05, 4.69) is 51.0 Å². The van der Waals surface area contributed by atoms with Gasteiger partial charge in [-0.1, -0.05) is 95.5 Å². The highest BCUT2D eigenvalue weighted by Crippen LogP contribution is 2.41. The van der Waals surface area contributed by atoms with Crippen LogP contribution in [0, 0.1) is 10.1 Å². The zero-order valence-corrected chi connectivity index (χ0v) is 47.6. The Labute approximate surface area is 506 Å². The fourth-order valence-electron chi connectivity index (χ4n) is 8.64. The predicted molar refractivity (Wildman–Crippen MR) is 330 cm³/mol. The first kappa shape index (κ1) is 60.3. The number of azo groups is 2. The number of aromatic hydroxyl groups is 2. The van der Waals surface area contributed by atoms with E-state index in [4.69, 9.17) is 45.3 Å². The molecule has 23 nitrogen and oxygen atoms in total. The van der Waals surface area contributed by atoms with Crippen molar-refractivity contribution in [3.63, 3.8) is 0 Å². The number of allylic oxidation sites excluding steroid dienone is 1. The van der Waals surface area contributed by atoms with E-state index in [1.54, 1.807) is 103 Å². The zero-order valence-electron chi connectivity index (χ0n) is 45.3. The molecule has 10 aromatic rings. The molecule has 0 fully saturated rings. The van der Waals surface area contributed by atoms with Gasteiger partial charge in [-0.3, -0.25) is 29.3 Å². The first-order chi connectivity index (χ1) is 41.8. The lowest BCUT2D eigenvalue weighted by molar-refractivity contribution is -0.384. The molecule has 0 atom stereocenters. The van der Waals surface area contributed by atoms with Gasteiger partial charge in [-0.15, -0.1) is 15.3 Å². The second kappa shape index (κ2) is 26.5. The molecule has 1 aliphatic rings. The highest BCUT2D eigenvalue weighted by molar-refractivity contribution is 6.33. The number of primary amides is 1. The fourth-order valence-corrected chi connectivity index (χ4v) is 9.06. The Kier molecular flexibility index (Phi) is 18.4. The second-order valence-corrected chi connectivity index (χ2v) is 19.8. The summed E-state index contributed by atoms with van der Waals surface area (Å²) >= 11 is 17.6. The summed E-state index contributed by atoms with van der Waals surface area (Å²) in [6, 6.07) is 44.5. The van der Waals surface area contributed by atoms with Gasteiger partial charge in [0.2, 0.25) is 5.91 Å². The van der Waals surface area contributed by atoms with Gasteiger partial charge in [0.15, 0.2) is 23.0 Å². The third kappa shape index (κ3) is 14.1. The van der Waals surface area contributed by atoms with Gasteiger partial charge >= 0.3 is 5.69 Å². The number of para-hydroxylation sites is 2. The van der Waals surface area contributed by atoms with E-state index in [9.17, 15) is 49.4 Å². The average molecular weight is 1230 g/mol. The van der Waals surface area contributed by atoms with Crippen LogP contribution in [0.3, 0.4) is 0 Å². The van der Waals surface area contributed by atoms with Crippen molar-refractivity contribution in [2.75, 3.05) is 17.2 Å². The van der Waals surface area contributed by atoms with Crippen molar-refractivity contribution in [1.29, 1.82) is 0 Å². The summed E-state index contributed by atoms with van der Waals surface area (Å²) < 4.78 is 5.57. The topological polar surface area (TPSA) is 358 Å². The van der Waals surface area contributed by atoms with Crippen LogP contribution in [-0.4, -0.2) is 71.1 Å². The molecule has 8 aromatic carbocycles. The normalized spacial score (nSPS) is 12.0. The summed E-state index contributed by atoms with van der Waals surface area (Å²) in [5.74, 6) is -2.57. The number of nitrogens with one attached hydrogen (secondary N) is 5. The summed E-state index contributed by atoms with van der Waals surface area (Å²) in [7, 11) is 0. The van der Waals surface area contributed by atoms with Gasteiger partial charge in [-0.05, 0) is 122 Å². The molecule has 2 aromatic heterocycles. The molecule has 87 heavy (non-hydrogen) atoms. The van der Waals surface area contributed by atoms with Crippen LogP contribution in [-0.2, 0) is 4.79 Å². The molecule has 0 bridgehead atoms. The number of aliphatic hydroxyl groups excluding tert-OH is 1. The summed E-state index contributed by atoms with van der Waals surface area (Å²) in [6.07, 6.45) is 0. The molecule has 0 aliphatic carbocycles. The molecule has 0 saturated carbocycles. The number of nitro benzene ring substituents is 1. The molecule has 26 heteroatoms. The summed E-state index contributed by atoms with van der Waals surface area (Å²) in [5.41, 5.74) is 9.89. The van der Waals surface area contributed by atoms with Gasteiger partial charge in [-0.2, -0.15) is 5.11 Å². The standard InChI is InChI=1S/C26H22N4O4.C18H10Cl2N2O2.C17H13ClN6O5/c1-2-34-22-10-6-5-9-21(22)28-26(33)20-15-17-7-3-4-8-19(17)23(24(20)31)30-29-18-13-11-16(12-14-18)25(27)32;19-11-5-1-9(2-6-11)15-13-14(18(24)21-15)16(22-17(13)23)10-3-7-12(20)8-4-10;1-8(25)15(23-22-12-4-2-9(18)6-14(12)24(28)29)16(26)19-10-3-5-11-13(7-10)21-17(27)20-11/h3-15,31H,2H2,1H3,(H2,27,32)(H,28,33);1-8,21,24H;2-7,25H,1H3,(H,19,26)(H2,20,21,27). The van der Waals surface area contributed by atoms with Gasteiger partial charge in [-0.25, -0.2) is 9.79 Å². The Morgan fingerprint density at radius 3 is 2.06 bits per heavy atom. The Bertz CT molecular complexity index is 4540. The van der Waals surface area contributed by atoms with Gasteiger partial charge < -0.3 is 51.4 Å². The van der Waals surface area contributed by atoms with Crippen LogP contribution >= 0.6 is 34.8 Å². The first-order valence-corrected chi connectivity index (χ1v) is 26.9. The average Bonchev–Trinajstić information content (AvgIpc) is 1.68. The molecule has 0 radical (unpaired) electrons. The van der Waals surface area contributed by atoms with E-state index in [1.807, 2.05) is 25.1 Å². The minimum atomic E-state index is -0.803. The van der Waals surface area contributed by atoms with Gasteiger partial charge in [0.1, 0.15) is 17.2 Å². The Balaban J connectivity index is 0.000000158. The van der Waals surface area contributed by atoms with Crippen molar-refractivity contribution < 1.29 is 44.2 Å². The zero-order chi connectivity index (χ0) is 62.1. The summed E-state index contributed by atoms with van der Waals surface area (Å²) in [5, 5.41) is 66.0. The number of fused-ring (bicyclic) bond motifs is 3. The van der Waals surface area contributed by atoms with E-state index in [-0.39, 0.29) is 33.6 Å². The lowest BCUT2D eigenvalue weighted by atomic mass is 10.0. The number of amides is 4. The van der Waals surface area contributed by atoms with Crippen molar-refractivity contribution in [2.45, 2.75) is 13.8 Å². The molecule has 11 rings (SSSR count). The molecule has 436 valence electrons. The van der Waals surface area contributed by atoms with Crippen molar-refractivity contribution in [3.05, 3.63) is 239 Å². The van der Waals surface area contributed by atoms with E-state index >= 15 is 0 Å². The molecule has 4 amide bonds. The number of phenols is 1. The lowest BCUT2D eigenvalue weighted by Gasteiger charge is -2.13. The van der Waals surface area contributed by atoms with Crippen LogP contribution in [0.5, 0.6) is 17.4 Å². The summed E-state index contributed by atoms with van der Waals surface area (Å²) in [6.45, 7) is 3.52. The van der Waals surface area contributed by atoms with Crippen molar-refractivity contribution >= 4 is 120 Å². The number of phenolic OH excluding ortho intramolecular Hbond substituents is 1. The number of nitrogens with zero attached hydrogens (tertiary/aromatic N) is 6. The Morgan fingerprint density at radius 1 is 0.724 bits per heavy atom. The number of imidazole rings is 1. The smallest absolute Gasteiger partial charge is 0.323 e. The van der Waals surface area contributed by atoms with Gasteiger partial charge in [0.05, 0.1) is 62.0 Å². The number of anilines is 2. The molecule has 0 saturated heterocycles. The number of carbonyl (C=O) groups is 4. The highest BCUT2D eigenvalue weighted by atomic mass is 35.5. The molecular formula is C61H45Cl3N12O11. The molecular weight excluding hydrogens is 1180 g/mol. The molecule has 3 heterocycles. The number of rotatable bonds is 14. The number of nitrogens with two attached hydrogens (primary N) is 1.